The van der Waals surface area contributed by atoms with Crippen LogP contribution in [0.2, 0.25) is 0 Å². The maximum atomic E-state index is 10.9. The van der Waals surface area contributed by atoms with Gasteiger partial charge in [0.2, 0.25) is 0 Å². The molecule has 0 aliphatic carbocycles. The van der Waals surface area contributed by atoms with Gasteiger partial charge < -0.3 is 9.94 Å². The number of benzene rings is 1. The van der Waals surface area contributed by atoms with E-state index in [1.807, 2.05) is 19.1 Å². The largest absolute Gasteiger partial charge is 0.481 e. The molecular weight excluding hydrogens is 182 g/mol. The Balaban J connectivity index is 2.99. The van der Waals surface area contributed by atoms with Crippen LogP contribution in [0.1, 0.15) is 17.0 Å². The van der Waals surface area contributed by atoms with Gasteiger partial charge in [0.25, 0.3) is 0 Å². The quantitative estimate of drug-likeness (QED) is 0.704. The molecule has 0 spiro atoms. The third-order valence-corrected chi connectivity index (χ3v) is 2.12. The summed E-state index contributed by atoms with van der Waals surface area (Å²) in [4.78, 5) is 15.3. The maximum Gasteiger partial charge on any atom is 0.313 e. The van der Waals surface area contributed by atoms with Crippen molar-refractivity contribution < 1.29 is 14.7 Å². The number of carboxylic acids is 1. The molecule has 1 atom stereocenters. The van der Waals surface area contributed by atoms with Gasteiger partial charge in [0.05, 0.1) is 6.61 Å². The van der Waals surface area contributed by atoms with Gasteiger partial charge >= 0.3 is 5.97 Å². The van der Waals surface area contributed by atoms with Crippen LogP contribution in [0.5, 0.6) is 0 Å². The highest BCUT2D eigenvalue weighted by molar-refractivity contribution is 5.76. The van der Waals surface area contributed by atoms with E-state index in [1.54, 1.807) is 12.1 Å². The molecule has 0 fully saturated rings. The second kappa shape index (κ2) is 4.74. The molecule has 3 N–H and O–H groups in total. The van der Waals surface area contributed by atoms with Gasteiger partial charge in [-0.05, 0) is 18.1 Å². The van der Waals surface area contributed by atoms with Crippen molar-refractivity contribution >= 4 is 5.97 Å². The molecule has 14 heavy (non-hydrogen) atoms. The van der Waals surface area contributed by atoms with E-state index in [2.05, 4.69) is 4.84 Å². The second-order valence-electron chi connectivity index (χ2n) is 3.08. The molecule has 0 heterocycles. The maximum absolute atomic E-state index is 10.9. The molecule has 0 aliphatic rings. The first-order chi connectivity index (χ1) is 6.66. The van der Waals surface area contributed by atoms with Crippen LogP contribution in [-0.4, -0.2) is 17.7 Å². The summed E-state index contributed by atoms with van der Waals surface area (Å²) < 4.78 is 0. The van der Waals surface area contributed by atoms with E-state index in [-0.39, 0.29) is 6.61 Å². The molecule has 1 aromatic carbocycles. The van der Waals surface area contributed by atoms with Crippen LogP contribution in [0.15, 0.2) is 24.3 Å². The van der Waals surface area contributed by atoms with E-state index in [0.717, 1.165) is 11.1 Å². The summed E-state index contributed by atoms with van der Waals surface area (Å²) in [7, 11) is 0. The molecule has 4 nitrogen and oxygen atoms in total. The average molecular weight is 195 g/mol. The Labute approximate surface area is 82.3 Å². The molecule has 0 aromatic heterocycles. The third-order valence-electron chi connectivity index (χ3n) is 2.12. The average Bonchev–Trinajstić information content (AvgIpc) is 2.15. The fourth-order valence-electron chi connectivity index (χ4n) is 1.37. The van der Waals surface area contributed by atoms with Gasteiger partial charge in [0, 0.05) is 0 Å². The van der Waals surface area contributed by atoms with E-state index < -0.39 is 11.9 Å². The third kappa shape index (κ3) is 2.31. The SMILES string of the molecule is Cc1ccccc1C(CON)C(=O)O. The lowest BCUT2D eigenvalue weighted by Crippen LogP contribution is -2.20. The van der Waals surface area contributed by atoms with Gasteiger partial charge in [-0.15, -0.1) is 0 Å². The fraction of sp³-hybridized carbons (Fsp3) is 0.300. The van der Waals surface area contributed by atoms with Crippen molar-refractivity contribution in [1.29, 1.82) is 0 Å². The summed E-state index contributed by atoms with van der Waals surface area (Å²) in [5, 5.41) is 8.95. The number of aryl methyl sites for hydroxylation is 1. The Morgan fingerprint density at radius 1 is 1.57 bits per heavy atom. The zero-order valence-corrected chi connectivity index (χ0v) is 7.93. The van der Waals surface area contributed by atoms with E-state index in [0.29, 0.717) is 0 Å². The van der Waals surface area contributed by atoms with E-state index >= 15 is 0 Å². The zero-order chi connectivity index (χ0) is 10.6. The Hall–Kier alpha value is -1.39. The molecule has 0 amide bonds. The molecule has 1 aromatic rings. The number of aliphatic carboxylic acids is 1. The van der Waals surface area contributed by atoms with Gasteiger partial charge in [0.1, 0.15) is 5.92 Å². The Morgan fingerprint density at radius 3 is 2.71 bits per heavy atom. The first-order valence-corrected chi connectivity index (χ1v) is 4.27. The smallest absolute Gasteiger partial charge is 0.313 e. The van der Waals surface area contributed by atoms with Crippen LogP contribution in [-0.2, 0) is 9.63 Å². The van der Waals surface area contributed by atoms with Crippen molar-refractivity contribution in [1.82, 2.24) is 0 Å². The number of carboxylic acid groups (broad SMARTS) is 1. The highest BCUT2D eigenvalue weighted by atomic mass is 16.6. The number of hydrogen-bond acceptors (Lipinski definition) is 3. The summed E-state index contributed by atoms with van der Waals surface area (Å²) in [6.07, 6.45) is 0. The number of nitrogens with two attached hydrogens (primary N) is 1. The zero-order valence-electron chi connectivity index (χ0n) is 7.93. The highest BCUT2D eigenvalue weighted by Gasteiger charge is 2.21. The highest BCUT2D eigenvalue weighted by Crippen LogP contribution is 2.19. The topological polar surface area (TPSA) is 72.5 Å². The van der Waals surface area contributed by atoms with Gasteiger partial charge in [0.15, 0.2) is 0 Å². The van der Waals surface area contributed by atoms with Gasteiger partial charge in [-0.2, -0.15) is 0 Å². The molecule has 1 rings (SSSR count). The summed E-state index contributed by atoms with van der Waals surface area (Å²) in [6.45, 7) is 1.85. The lowest BCUT2D eigenvalue weighted by molar-refractivity contribution is -0.140. The monoisotopic (exact) mass is 195 g/mol. The van der Waals surface area contributed by atoms with Crippen molar-refractivity contribution in [3.63, 3.8) is 0 Å². The summed E-state index contributed by atoms with van der Waals surface area (Å²) in [6, 6.07) is 7.30. The van der Waals surface area contributed by atoms with Crippen molar-refractivity contribution in [2.75, 3.05) is 6.61 Å². The Bertz CT molecular complexity index is 325. The van der Waals surface area contributed by atoms with Crippen molar-refractivity contribution in [3.8, 4) is 0 Å². The van der Waals surface area contributed by atoms with Crippen LogP contribution < -0.4 is 5.90 Å². The minimum absolute atomic E-state index is 0.0137. The molecule has 76 valence electrons. The first kappa shape index (κ1) is 10.7. The molecule has 0 radical (unpaired) electrons. The second-order valence-corrected chi connectivity index (χ2v) is 3.08. The summed E-state index contributed by atoms with van der Waals surface area (Å²) >= 11 is 0. The van der Waals surface area contributed by atoms with Crippen LogP contribution in [0.3, 0.4) is 0 Å². The van der Waals surface area contributed by atoms with Crippen molar-refractivity contribution in [3.05, 3.63) is 35.4 Å². The number of hydrogen-bond donors (Lipinski definition) is 2. The van der Waals surface area contributed by atoms with Crippen LogP contribution in [0.4, 0.5) is 0 Å². The molecule has 0 saturated carbocycles. The molecule has 0 saturated heterocycles. The minimum Gasteiger partial charge on any atom is -0.481 e. The van der Waals surface area contributed by atoms with Crippen molar-refractivity contribution in [2.45, 2.75) is 12.8 Å². The molecular formula is C10H13NO3. The summed E-state index contributed by atoms with van der Waals surface area (Å²) in [5.41, 5.74) is 1.67. The molecule has 1 unspecified atom stereocenters. The van der Waals surface area contributed by atoms with Crippen LogP contribution in [0, 0.1) is 6.92 Å². The Morgan fingerprint density at radius 2 is 2.21 bits per heavy atom. The van der Waals surface area contributed by atoms with E-state index in [1.165, 1.54) is 0 Å². The lowest BCUT2D eigenvalue weighted by Gasteiger charge is -2.13. The first-order valence-electron chi connectivity index (χ1n) is 4.27. The van der Waals surface area contributed by atoms with Gasteiger partial charge in [-0.3, -0.25) is 4.79 Å². The minimum atomic E-state index is -0.926. The predicted molar refractivity (Wildman–Crippen MR) is 51.7 cm³/mol. The normalized spacial score (nSPS) is 12.4. The lowest BCUT2D eigenvalue weighted by atomic mass is 9.96. The number of carbonyl (C=O) groups is 1. The van der Waals surface area contributed by atoms with Gasteiger partial charge in [-0.1, -0.05) is 24.3 Å². The van der Waals surface area contributed by atoms with E-state index in [4.69, 9.17) is 11.0 Å². The van der Waals surface area contributed by atoms with Gasteiger partial charge in [-0.25, -0.2) is 5.90 Å². The van der Waals surface area contributed by atoms with Crippen LogP contribution >= 0.6 is 0 Å². The fourth-order valence-corrected chi connectivity index (χ4v) is 1.37. The molecule has 0 bridgehead atoms. The Kier molecular flexibility index (Phi) is 3.62. The summed E-state index contributed by atoms with van der Waals surface area (Å²) in [5.74, 6) is 3.27. The van der Waals surface area contributed by atoms with Crippen LogP contribution in [0.25, 0.3) is 0 Å². The van der Waals surface area contributed by atoms with Crippen molar-refractivity contribution in [2.24, 2.45) is 5.90 Å². The standard InChI is InChI=1S/C10H13NO3/c1-7-4-2-3-5-8(7)9(6-14-11)10(12)13/h2-5,9H,6,11H2,1H3,(H,12,13). The number of rotatable bonds is 4. The predicted octanol–water partition coefficient (Wildman–Crippen LogP) is 1.05. The molecule has 0 aliphatic heterocycles. The molecule has 4 heteroatoms. The van der Waals surface area contributed by atoms with E-state index in [9.17, 15) is 4.79 Å².